The van der Waals surface area contributed by atoms with Crippen molar-refractivity contribution >= 4 is 52.1 Å². The average molecular weight is 585 g/mol. The summed E-state index contributed by atoms with van der Waals surface area (Å²) < 4.78 is 17.3. The molecule has 7 nitrogen and oxygen atoms in total. The van der Waals surface area contributed by atoms with Gasteiger partial charge in [-0.05, 0) is 77.5 Å². The zero-order chi connectivity index (χ0) is 28.6. The number of hydrogen-bond acceptors (Lipinski definition) is 6. The number of carbonyl (C=O) groups excluding carboxylic acids is 2. The maximum Gasteiger partial charge on any atom is 0.343 e. The third kappa shape index (κ3) is 7.22. The van der Waals surface area contributed by atoms with Crippen molar-refractivity contribution in [3.63, 3.8) is 0 Å². The van der Waals surface area contributed by atoms with Gasteiger partial charge < -0.3 is 14.2 Å². The van der Waals surface area contributed by atoms with Crippen LogP contribution in [0.15, 0.2) is 120 Å². The summed E-state index contributed by atoms with van der Waals surface area (Å²) in [6, 6.07) is 32.7. The van der Waals surface area contributed by atoms with Crippen molar-refractivity contribution in [1.82, 2.24) is 5.43 Å². The predicted molar refractivity (Wildman–Crippen MR) is 159 cm³/mol. The molecule has 0 spiro atoms. The highest BCUT2D eigenvalue weighted by atomic mass is 35.5. The van der Waals surface area contributed by atoms with Gasteiger partial charge in [-0.1, -0.05) is 71.7 Å². The lowest BCUT2D eigenvalue weighted by Crippen LogP contribution is -2.40. The van der Waals surface area contributed by atoms with Crippen molar-refractivity contribution in [2.75, 3.05) is 0 Å². The average Bonchev–Trinajstić information content (AvgIpc) is 3.00. The van der Waals surface area contributed by atoms with Gasteiger partial charge in [0.15, 0.2) is 0 Å². The minimum absolute atomic E-state index is 0.280. The van der Waals surface area contributed by atoms with Crippen LogP contribution in [0.3, 0.4) is 0 Å². The zero-order valence-corrected chi connectivity index (χ0v) is 22.9. The number of nitrogens with one attached hydrogen (secondary N) is 1. The Balaban J connectivity index is 1.39. The van der Waals surface area contributed by atoms with Crippen LogP contribution < -0.4 is 19.6 Å². The molecule has 0 heterocycles. The standard InChI is InChI=1S/C32H22Cl2N2O5/c33-23-11-15-25(16-12-23)39-32(40-26-17-13-24(34)14-18-26)30(37)36-35-20-28-27-9-5-4-6-21(27)10-19-29(28)41-31(38)22-7-2-1-3-8-22/h1-20,32H,(H,36,37). The van der Waals surface area contributed by atoms with Crippen molar-refractivity contribution in [1.29, 1.82) is 0 Å². The summed E-state index contributed by atoms with van der Waals surface area (Å²) in [5, 5.41) is 6.85. The van der Waals surface area contributed by atoms with Crippen molar-refractivity contribution in [2.24, 2.45) is 5.10 Å². The third-order valence-corrected chi connectivity index (χ3v) is 6.34. The lowest BCUT2D eigenvalue weighted by atomic mass is 10.0. The van der Waals surface area contributed by atoms with E-state index in [1.807, 2.05) is 36.4 Å². The first-order valence-electron chi connectivity index (χ1n) is 12.4. The molecule has 5 rings (SSSR count). The number of rotatable bonds is 9. The second kappa shape index (κ2) is 13.0. The van der Waals surface area contributed by atoms with Crippen molar-refractivity contribution in [2.45, 2.75) is 6.29 Å². The van der Waals surface area contributed by atoms with Crippen LogP contribution in [0.1, 0.15) is 15.9 Å². The topological polar surface area (TPSA) is 86.2 Å². The molecular weight excluding hydrogens is 563 g/mol. The van der Waals surface area contributed by atoms with Gasteiger partial charge in [0, 0.05) is 15.6 Å². The Morgan fingerprint density at radius 2 is 1.29 bits per heavy atom. The third-order valence-electron chi connectivity index (χ3n) is 5.84. The van der Waals surface area contributed by atoms with Crippen LogP contribution in [-0.2, 0) is 4.79 Å². The van der Waals surface area contributed by atoms with Gasteiger partial charge in [-0.3, -0.25) is 4.79 Å². The summed E-state index contributed by atoms with van der Waals surface area (Å²) in [4.78, 5) is 26.0. The van der Waals surface area contributed by atoms with E-state index in [0.29, 0.717) is 32.7 Å². The van der Waals surface area contributed by atoms with E-state index in [4.69, 9.17) is 37.4 Å². The molecule has 1 amide bonds. The second-order valence-electron chi connectivity index (χ2n) is 8.66. The molecule has 0 aliphatic rings. The molecule has 0 aliphatic heterocycles. The van der Waals surface area contributed by atoms with E-state index in [0.717, 1.165) is 10.8 Å². The van der Waals surface area contributed by atoms with Crippen molar-refractivity contribution in [3.8, 4) is 17.2 Å². The Bertz CT molecular complexity index is 1640. The molecule has 9 heteroatoms. The van der Waals surface area contributed by atoms with E-state index in [1.165, 1.54) is 6.21 Å². The number of ether oxygens (including phenoxy) is 3. The van der Waals surface area contributed by atoms with Crippen LogP contribution in [0.2, 0.25) is 10.0 Å². The molecule has 0 radical (unpaired) electrons. The van der Waals surface area contributed by atoms with Crippen molar-refractivity contribution < 1.29 is 23.8 Å². The molecule has 5 aromatic rings. The number of esters is 1. The molecule has 0 fully saturated rings. The maximum atomic E-state index is 13.2. The van der Waals surface area contributed by atoms with E-state index >= 15 is 0 Å². The molecule has 0 unspecified atom stereocenters. The number of amides is 1. The van der Waals surface area contributed by atoms with E-state index < -0.39 is 18.2 Å². The SMILES string of the molecule is O=C(Oc1ccc2ccccc2c1C=NNC(=O)C(Oc1ccc(Cl)cc1)Oc1ccc(Cl)cc1)c1ccccc1. The number of hydrazone groups is 1. The Morgan fingerprint density at radius 1 is 0.707 bits per heavy atom. The predicted octanol–water partition coefficient (Wildman–Crippen LogP) is 7.30. The van der Waals surface area contributed by atoms with Crippen LogP contribution in [0, 0.1) is 0 Å². The van der Waals surface area contributed by atoms with Gasteiger partial charge in [0.25, 0.3) is 0 Å². The molecule has 0 aromatic heterocycles. The van der Waals surface area contributed by atoms with Crippen molar-refractivity contribution in [3.05, 3.63) is 136 Å². The summed E-state index contributed by atoms with van der Waals surface area (Å²) in [5.41, 5.74) is 3.36. The first-order valence-corrected chi connectivity index (χ1v) is 13.2. The molecule has 0 bridgehead atoms. The molecule has 41 heavy (non-hydrogen) atoms. The first-order chi connectivity index (χ1) is 20.0. The van der Waals surface area contributed by atoms with E-state index in [2.05, 4.69) is 10.5 Å². The summed E-state index contributed by atoms with van der Waals surface area (Å²) in [6.07, 6.45) is 0.00700. The summed E-state index contributed by atoms with van der Waals surface area (Å²) in [7, 11) is 0. The van der Waals surface area contributed by atoms with Gasteiger partial charge in [-0.2, -0.15) is 5.10 Å². The Morgan fingerprint density at radius 3 is 1.93 bits per heavy atom. The van der Waals surface area contributed by atoms with Gasteiger partial charge in [-0.25, -0.2) is 10.2 Å². The lowest BCUT2D eigenvalue weighted by Gasteiger charge is -2.19. The molecule has 0 aliphatic carbocycles. The molecule has 0 saturated heterocycles. The normalized spacial score (nSPS) is 11.0. The van der Waals surface area contributed by atoms with Crippen LogP contribution in [0.5, 0.6) is 17.2 Å². The number of halogens is 2. The molecule has 0 atom stereocenters. The van der Waals surface area contributed by atoms with Gasteiger partial charge in [-0.15, -0.1) is 0 Å². The molecule has 0 saturated carbocycles. The Hall–Kier alpha value is -4.85. The molecular formula is C32H22Cl2N2O5. The van der Waals surface area contributed by atoms with Gasteiger partial charge in [0.2, 0.25) is 0 Å². The second-order valence-corrected chi connectivity index (χ2v) is 9.54. The van der Waals surface area contributed by atoms with Gasteiger partial charge >= 0.3 is 18.2 Å². The van der Waals surface area contributed by atoms with Crippen LogP contribution in [-0.4, -0.2) is 24.4 Å². The van der Waals surface area contributed by atoms with Crippen LogP contribution >= 0.6 is 23.2 Å². The summed E-state index contributed by atoms with van der Waals surface area (Å²) in [6.45, 7) is 0. The van der Waals surface area contributed by atoms with Gasteiger partial charge in [0.05, 0.1) is 11.8 Å². The minimum atomic E-state index is -1.41. The summed E-state index contributed by atoms with van der Waals surface area (Å²) >= 11 is 11.9. The fraction of sp³-hybridized carbons (Fsp3) is 0.0312. The Kier molecular flexibility index (Phi) is 8.79. The smallest absolute Gasteiger partial charge is 0.343 e. The number of benzene rings is 5. The van der Waals surface area contributed by atoms with Crippen LogP contribution in [0.4, 0.5) is 0 Å². The zero-order valence-electron chi connectivity index (χ0n) is 21.4. The fourth-order valence-electron chi connectivity index (χ4n) is 3.85. The largest absolute Gasteiger partial charge is 0.446 e. The van der Waals surface area contributed by atoms with E-state index in [-0.39, 0.29) is 5.75 Å². The highest BCUT2D eigenvalue weighted by molar-refractivity contribution is 6.30. The Labute approximate surface area is 245 Å². The quantitative estimate of drug-likeness (QED) is 0.0645. The van der Waals surface area contributed by atoms with E-state index in [1.54, 1.807) is 78.9 Å². The first kappa shape index (κ1) is 27.7. The maximum absolute atomic E-state index is 13.2. The molecule has 204 valence electrons. The van der Waals surface area contributed by atoms with E-state index in [9.17, 15) is 9.59 Å². The number of carbonyl (C=O) groups is 2. The number of hydrogen-bond donors (Lipinski definition) is 1. The molecule has 5 aromatic carbocycles. The molecule has 1 N–H and O–H groups in total. The minimum Gasteiger partial charge on any atom is -0.446 e. The highest BCUT2D eigenvalue weighted by Gasteiger charge is 2.23. The van der Waals surface area contributed by atoms with Gasteiger partial charge in [0.1, 0.15) is 17.2 Å². The number of fused-ring (bicyclic) bond motifs is 1. The monoisotopic (exact) mass is 584 g/mol. The van der Waals surface area contributed by atoms with Crippen LogP contribution in [0.25, 0.3) is 10.8 Å². The lowest BCUT2D eigenvalue weighted by molar-refractivity contribution is -0.140. The fourth-order valence-corrected chi connectivity index (χ4v) is 4.10. The summed E-state index contributed by atoms with van der Waals surface area (Å²) in [5.74, 6) is -0.211. The number of nitrogens with zero attached hydrogens (tertiary/aromatic N) is 1. The highest BCUT2D eigenvalue weighted by Crippen LogP contribution is 2.28.